The maximum Gasteiger partial charge on any atom is 0.221 e. The number of nitrogens with zero attached hydrogens (tertiary/aromatic N) is 1. The van der Waals surface area contributed by atoms with Crippen molar-refractivity contribution in [2.75, 3.05) is 0 Å². The number of benzene rings is 1. The number of rotatable bonds is 7. The molecule has 0 aliphatic heterocycles. The van der Waals surface area contributed by atoms with Gasteiger partial charge in [0.15, 0.2) is 0 Å². The number of nitrogens with one attached hydrogen (secondary N) is 1. The average Bonchev–Trinajstić information content (AvgIpc) is 2.42. The van der Waals surface area contributed by atoms with Crippen molar-refractivity contribution in [3.8, 4) is 6.07 Å². The smallest absolute Gasteiger partial charge is 0.221 e. The zero-order valence-corrected chi connectivity index (χ0v) is 10.9. The summed E-state index contributed by atoms with van der Waals surface area (Å²) in [5.41, 5.74) is 0.835. The molecule has 1 atom stereocenters. The third-order valence-corrected chi connectivity index (χ3v) is 2.82. The molecule has 3 nitrogen and oxygen atoms in total. The zero-order chi connectivity index (χ0) is 13.2. The van der Waals surface area contributed by atoms with Crippen molar-refractivity contribution >= 4 is 5.91 Å². The lowest BCUT2D eigenvalue weighted by Crippen LogP contribution is -2.27. The Morgan fingerprint density at radius 3 is 2.61 bits per heavy atom. The molecular formula is C15H20N2O. The Bertz CT molecular complexity index is 395. The van der Waals surface area contributed by atoms with Gasteiger partial charge in [-0.25, -0.2) is 0 Å². The van der Waals surface area contributed by atoms with Crippen LogP contribution in [0.2, 0.25) is 0 Å². The molecule has 0 aliphatic rings. The minimum absolute atomic E-state index is 0.0403. The molecule has 0 heterocycles. The van der Waals surface area contributed by atoms with Crippen LogP contribution in [-0.4, -0.2) is 5.91 Å². The molecule has 0 saturated heterocycles. The highest BCUT2D eigenvalue weighted by atomic mass is 16.1. The number of carbonyl (C=O) groups is 1. The Labute approximate surface area is 109 Å². The fraction of sp³-hybridized carbons (Fsp3) is 0.467. The van der Waals surface area contributed by atoms with Crippen molar-refractivity contribution in [3.05, 3.63) is 35.9 Å². The number of hydrogen-bond acceptors (Lipinski definition) is 2. The van der Waals surface area contributed by atoms with Crippen molar-refractivity contribution in [2.45, 2.75) is 45.1 Å². The van der Waals surface area contributed by atoms with E-state index in [4.69, 9.17) is 5.26 Å². The van der Waals surface area contributed by atoms with E-state index in [1.807, 2.05) is 30.3 Å². The Hall–Kier alpha value is -1.82. The van der Waals surface area contributed by atoms with E-state index in [1.165, 1.54) is 0 Å². The van der Waals surface area contributed by atoms with E-state index in [2.05, 4.69) is 18.3 Å². The summed E-state index contributed by atoms with van der Waals surface area (Å²) in [6, 6.07) is 10.9. The first-order valence-electron chi connectivity index (χ1n) is 6.52. The van der Waals surface area contributed by atoms with Crippen molar-refractivity contribution in [2.24, 2.45) is 0 Å². The second kappa shape index (κ2) is 8.30. The molecule has 1 unspecified atom stereocenters. The molecule has 1 N–H and O–H groups in total. The highest BCUT2D eigenvalue weighted by Gasteiger charge is 2.12. The first kappa shape index (κ1) is 14.2. The number of unbranched alkanes of at least 4 members (excludes halogenated alkanes) is 3. The Kier molecular flexibility index (Phi) is 6.56. The number of carbonyl (C=O) groups excluding carboxylic acids is 1. The van der Waals surface area contributed by atoms with E-state index in [1.54, 1.807) is 0 Å². The van der Waals surface area contributed by atoms with Crippen molar-refractivity contribution in [1.29, 1.82) is 5.26 Å². The van der Waals surface area contributed by atoms with E-state index >= 15 is 0 Å². The summed E-state index contributed by atoms with van der Waals surface area (Å²) >= 11 is 0. The third-order valence-electron chi connectivity index (χ3n) is 2.82. The molecule has 0 spiro atoms. The van der Waals surface area contributed by atoms with Gasteiger partial charge in [0.1, 0.15) is 6.04 Å². The predicted molar refractivity (Wildman–Crippen MR) is 71.7 cm³/mol. The lowest BCUT2D eigenvalue weighted by atomic mass is 10.1. The second-order valence-corrected chi connectivity index (χ2v) is 4.35. The quantitative estimate of drug-likeness (QED) is 0.748. The fourth-order valence-corrected chi connectivity index (χ4v) is 1.78. The van der Waals surface area contributed by atoms with Crippen LogP contribution in [0.15, 0.2) is 30.3 Å². The summed E-state index contributed by atoms with van der Waals surface area (Å²) < 4.78 is 0. The maximum atomic E-state index is 11.7. The van der Waals surface area contributed by atoms with Crippen LogP contribution in [0.1, 0.15) is 50.6 Å². The van der Waals surface area contributed by atoms with Crippen LogP contribution in [0.5, 0.6) is 0 Å². The van der Waals surface area contributed by atoms with Crippen LogP contribution in [0, 0.1) is 11.3 Å². The summed E-state index contributed by atoms with van der Waals surface area (Å²) in [6.07, 6.45) is 4.80. The van der Waals surface area contributed by atoms with Crippen LogP contribution in [0.25, 0.3) is 0 Å². The molecule has 1 rings (SSSR count). The Morgan fingerprint density at radius 2 is 2.00 bits per heavy atom. The first-order chi connectivity index (χ1) is 8.77. The molecule has 1 aromatic carbocycles. The molecule has 0 fully saturated rings. The molecule has 0 radical (unpaired) electrons. The molecule has 1 amide bonds. The van der Waals surface area contributed by atoms with Crippen LogP contribution >= 0.6 is 0 Å². The van der Waals surface area contributed by atoms with Gasteiger partial charge in [0.25, 0.3) is 0 Å². The highest BCUT2D eigenvalue weighted by molar-refractivity contribution is 5.76. The van der Waals surface area contributed by atoms with E-state index in [9.17, 15) is 4.79 Å². The Morgan fingerprint density at radius 1 is 1.28 bits per heavy atom. The SMILES string of the molecule is CCCCCCC(=O)NC(C#N)c1ccccc1. The lowest BCUT2D eigenvalue weighted by molar-refractivity contribution is -0.121. The van der Waals surface area contributed by atoms with Crippen LogP contribution in [0.4, 0.5) is 0 Å². The minimum atomic E-state index is -0.537. The molecule has 96 valence electrons. The fourth-order valence-electron chi connectivity index (χ4n) is 1.78. The molecule has 0 aromatic heterocycles. The summed E-state index contributed by atoms with van der Waals surface area (Å²) in [4.78, 5) is 11.7. The summed E-state index contributed by atoms with van der Waals surface area (Å²) in [5.74, 6) is -0.0403. The van der Waals surface area contributed by atoms with Gasteiger partial charge in [-0.3, -0.25) is 4.79 Å². The van der Waals surface area contributed by atoms with Gasteiger partial charge in [-0.15, -0.1) is 0 Å². The van der Waals surface area contributed by atoms with Gasteiger partial charge in [-0.1, -0.05) is 56.5 Å². The minimum Gasteiger partial charge on any atom is -0.337 e. The monoisotopic (exact) mass is 244 g/mol. The van der Waals surface area contributed by atoms with E-state index in [0.29, 0.717) is 6.42 Å². The summed E-state index contributed by atoms with van der Waals surface area (Å²) in [6.45, 7) is 2.14. The number of amides is 1. The zero-order valence-electron chi connectivity index (χ0n) is 10.9. The van der Waals surface area contributed by atoms with Gasteiger partial charge in [0, 0.05) is 6.42 Å². The molecular weight excluding hydrogens is 224 g/mol. The van der Waals surface area contributed by atoms with Gasteiger partial charge in [-0.2, -0.15) is 5.26 Å². The third kappa shape index (κ3) is 5.01. The van der Waals surface area contributed by atoms with Crippen molar-refractivity contribution in [1.82, 2.24) is 5.32 Å². The van der Waals surface area contributed by atoms with Crippen LogP contribution in [-0.2, 0) is 4.79 Å². The summed E-state index contributed by atoms with van der Waals surface area (Å²) in [7, 11) is 0. The molecule has 0 aliphatic carbocycles. The van der Waals surface area contributed by atoms with E-state index in [0.717, 1.165) is 31.2 Å². The van der Waals surface area contributed by atoms with Gasteiger partial charge in [0.05, 0.1) is 6.07 Å². The molecule has 18 heavy (non-hydrogen) atoms. The average molecular weight is 244 g/mol. The normalized spacial score (nSPS) is 11.6. The lowest BCUT2D eigenvalue weighted by Gasteiger charge is -2.11. The predicted octanol–water partition coefficient (Wildman–Crippen LogP) is 3.34. The first-order valence-corrected chi connectivity index (χ1v) is 6.52. The number of hydrogen-bond donors (Lipinski definition) is 1. The van der Waals surface area contributed by atoms with Crippen LogP contribution in [0.3, 0.4) is 0 Å². The molecule has 1 aromatic rings. The largest absolute Gasteiger partial charge is 0.337 e. The van der Waals surface area contributed by atoms with Gasteiger partial charge < -0.3 is 5.32 Å². The maximum absolute atomic E-state index is 11.7. The van der Waals surface area contributed by atoms with Crippen molar-refractivity contribution in [3.63, 3.8) is 0 Å². The van der Waals surface area contributed by atoms with Gasteiger partial charge in [0.2, 0.25) is 5.91 Å². The molecule has 0 saturated carbocycles. The summed E-state index contributed by atoms with van der Waals surface area (Å²) in [5, 5.41) is 11.8. The van der Waals surface area contributed by atoms with Gasteiger partial charge in [-0.05, 0) is 12.0 Å². The highest BCUT2D eigenvalue weighted by Crippen LogP contribution is 2.12. The standard InChI is InChI=1S/C15H20N2O/c1-2-3-4-8-11-15(18)17-14(12-16)13-9-6-5-7-10-13/h5-7,9-10,14H,2-4,8,11H2,1H3,(H,17,18). The molecule has 3 heteroatoms. The Balaban J connectivity index is 2.40. The second-order valence-electron chi connectivity index (χ2n) is 4.35. The van der Waals surface area contributed by atoms with E-state index < -0.39 is 6.04 Å². The van der Waals surface area contributed by atoms with E-state index in [-0.39, 0.29) is 5.91 Å². The topological polar surface area (TPSA) is 52.9 Å². The van der Waals surface area contributed by atoms with Crippen molar-refractivity contribution < 1.29 is 4.79 Å². The molecule has 0 bridgehead atoms. The number of nitriles is 1. The van der Waals surface area contributed by atoms with Crippen LogP contribution < -0.4 is 5.32 Å². The van der Waals surface area contributed by atoms with Gasteiger partial charge >= 0.3 is 0 Å².